The minimum Gasteiger partial charge on any atom is -0.497 e. The fourth-order valence-electron chi connectivity index (χ4n) is 2.63. The van der Waals surface area contributed by atoms with Gasteiger partial charge in [-0.25, -0.2) is 9.07 Å². The van der Waals surface area contributed by atoms with Gasteiger partial charge in [0.25, 0.3) is 5.91 Å². The lowest BCUT2D eigenvalue weighted by Gasteiger charge is -2.20. The summed E-state index contributed by atoms with van der Waals surface area (Å²) in [5.74, 6) is 0.142. The molecule has 2 aromatic carbocycles. The van der Waals surface area contributed by atoms with Gasteiger partial charge in [-0.1, -0.05) is 0 Å². The quantitative estimate of drug-likeness (QED) is 0.751. The molecule has 5 nitrogen and oxygen atoms in total. The van der Waals surface area contributed by atoms with E-state index in [4.69, 9.17) is 4.74 Å². The summed E-state index contributed by atoms with van der Waals surface area (Å²) in [4.78, 5) is 12.8. The van der Waals surface area contributed by atoms with E-state index in [0.29, 0.717) is 17.1 Å². The van der Waals surface area contributed by atoms with Gasteiger partial charge in [0.1, 0.15) is 17.3 Å². The minimum atomic E-state index is -0.394. The van der Waals surface area contributed by atoms with E-state index in [1.807, 2.05) is 45.0 Å². The van der Waals surface area contributed by atoms with Crippen LogP contribution in [0.1, 0.15) is 31.3 Å². The lowest BCUT2D eigenvalue weighted by molar-refractivity contribution is 0.0911. The van der Waals surface area contributed by atoms with Crippen LogP contribution in [0.3, 0.4) is 0 Å². The Labute approximate surface area is 157 Å². The Morgan fingerprint density at radius 3 is 2.26 bits per heavy atom. The van der Waals surface area contributed by atoms with Crippen molar-refractivity contribution in [1.29, 1.82) is 0 Å². The van der Waals surface area contributed by atoms with Crippen molar-refractivity contribution in [3.8, 4) is 22.7 Å². The van der Waals surface area contributed by atoms with E-state index in [1.54, 1.807) is 25.3 Å². The van der Waals surface area contributed by atoms with Gasteiger partial charge in [0.15, 0.2) is 0 Å². The number of rotatable bonds is 4. The fraction of sp³-hybridized carbons (Fsp3) is 0.238. The Kier molecular flexibility index (Phi) is 4.99. The number of benzene rings is 2. The first-order valence-corrected chi connectivity index (χ1v) is 8.60. The SMILES string of the molecule is COc1ccc(-c2cc(C(=O)NC(C)(C)C)n(-c3ccc(F)cc3)n2)cc1. The number of nitrogens with one attached hydrogen (secondary N) is 1. The van der Waals surface area contributed by atoms with Crippen LogP contribution in [0.4, 0.5) is 4.39 Å². The van der Waals surface area contributed by atoms with Gasteiger partial charge >= 0.3 is 0 Å². The summed E-state index contributed by atoms with van der Waals surface area (Å²) >= 11 is 0. The molecule has 1 N–H and O–H groups in total. The molecule has 0 bridgehead atoms. The zero-order valence-corrected chi connectivity index (χ0v) is 15.8. The first kappa shape index (κ1) is 18.6. The molecule has 0 atom stereocenters. The molecule has 0 aliphatic carbocycles. The largest absolute Gasteiger partial charge is 0.497 e. The second kappa shape index (κ2) is 7.23. The number of methoxy groups -OCH3 is 1. The van der Waals surface area contributed by atoms with Gasteiger partial charge < -0.3 is 10.1 Å². The first-order valence-electron chi connectivity index (χ1n) is 8.60. The lowest BCUT2D eigenvalue weighted by Crippen LogP contribution is -2.41. The van der Waals surface area contributed by atoms with Crippen molar-refractivity contribution in [2.75, 3.05) is 7.11 Å². The summed E-state index contributed by atoms with van der Waals surface area (Å²) in [5.41, 5.74) is 2.08. The second-order valence-corrected chi connectivity index (χ2v) is 7.24. The maximum atomic E-state index is 13.3. The molecular formula is C21H22FN3O2. The highest BCUT2D eigenvalue weighted by molar-refractivity contribution is 5.94. The molecule has 27 heavy (non-hydrogen) atoms. The number of hydrogen-bond donors (Lipinski definition) is 1. The van der Waals surface area contributed by atoms with E-state index >= 15 is 0 Å². The Balaban J connectivity index is 2.07. The summed E-state index contributed by atoms with van der Waals surface area (Å²) in [5, 5.41) is 7.53. The van der Waals surface area contributed by atoms with Crippen LogP contribution in [-0.2, 0) is 0 Å². The van der Waals surface area contributed by atoms with Crippen molar-refractivity contribution in [1.82, 2.24) is 15.1 Å². The van der Waals surface area contributed by atoms with E-state index in [2.05, 4.69) is 10.4 Å². The Morgan fingerprint density at radius 2 is 1.70 bits per heavy atom. The van der Waals surface area contributed by atoms with Crippen LogP contribution in [0.15, 0.2) is 54.6 Å². The molecule has 0 saturated carbocycles. The highest BCUT2D eigenvalue weighted by Crippen LogP contribution is 2.24. The molecule has 140 valence electrons. The maximum Gasteiger partial charge on any atom is 0.270 e. The third-order valence-corrected chi connectivity index (χ3v) is 3.89. The van der Waals surface area contributed by atoms with Crippen LogP contribution in [0.2, 0.25) is 0 Å². The average Bonchev–Trinajstić information content (AvgIpc) is 3.06. The molecule has 0 fully saturated rings. The molecule has 0 spiro atoms. The number of amides is 1. The van der Waals surface area contributed by atoms with Crippen LogP contribution < -0.4 is 10.1 Å². The Bertz CT molecular complexity index is 939. The summed E-state index contributed by atoms with van der Waals surface area (Å²) in [6.07, 6.45) is 0. The molecule has 0 radical (unpaired) electrons. The van der Waals surface area contributed by atoms with E-state index in [-0.39, 0.29) is 11.7 Å². The molecule has 0 unspecified atom stereocenters. The van der Waals surface area contributed by atoms with Crippen molar-refractivity contribution < 1.29 is 13.9 Å². The van der Waals surface area contributed by atoms with Crippen molar-refractivity contribution in [3.05, 3.63) is 66.1 Å². The van der Waals surface area contributed by atoms with E-state index in [9.17, 15) is 9.18 Å². The highest BCUT2D eigenvalue weighted by atomic mass is 19.1. The zero-order valence-electron chi connectivity index (χ0n) is 15.8. The van der Waals surface area contributed by atoms with Gasteiger partial charge in [0, 0.05) is 11.1 Å². The predicted molar refractivity (Wildman–Crippen MR) is 103 cm³/mol. The number of carbonyl (C=O) groups is 1. The van der Waals surface area contributed by atoms with Crippen LogP contribution in [-0.4, -0.2) is 28.3 Å². The van der Waals surface area contributed by atoms with Crippen molar-refractivity contribution >= 4 is 5.91 Å². The standard InChI is InChI=1S/C21H22FN3O2/c1-21(2,3)23-20(26)19-13-18(14-5-11-17(27-4)12-6-14)24-25(19)16-9-7-15(22)8-10-16/h5-13H,1-4H3,(H,23,26). The normalized spacial score (nSPS) is 11.3. The number of aromatic nitrogens is 2. The summed E-state index contributed by atoms with van der Waals surface area (Å²) in [7, 11) is 1.60. The first-order chi connectivity index (χ1) is 12.8. The summed E-state index contributed by atoms with van der Waals surface area (Å²) in [6, 6.07) is 15.0. The van der Waals surface area contributed by atoms with E-state index < -0.39 is 5.54 Å². The Hall–Kier alpha value is -3.15. The minimum absolute atomic E-state index is 0.251. The molecule has 0 aliphatic rings. The monoisotopic (exact) mass is 367 g/mol. The average molecular weight is 367 g/mol. The van der Waals surface area contributed by atoms with Crippen molar-refractivity contribution in [3.63, 3.8) is 0 Å². The van der Waals surface area contributed by atoms with Gasteiger partial charge in [0.2, 0.25) is 0 Å². The molecule has 3 aromatic rings. The molecule has 1 amide bonds. The molecule has 3 rings (SSSR count). The van der Waals surface area contributed by atoms with Gasteiger partial charge in [-0.3, -0.25) is 4.79 Å². The smallest absolute Gasteiger partial charge is 0.270 e. The van der Waals surface area contributed by atoms with Gasteiger partial charge in [-0.05, 0) is 75.4 Å². The molecule has 1 heterocycles. The van der Waals surface area contributed by atoms with E-state index in [0.717, 1.165) is 11.3 Å². The number of nitrogens with zero attached hydrogens (tertiary/aromatic N) is 2. The second-order valence-electron chi connectivity index (χ2n) is 7.24. The number of carbonyl (C=O) groups excluding carboxylic acids is 1. The molecule has 0 aliphatic heterocycles. The molecular weight excluding hydrogens is 345 g/mol. The third kappa shape index (κ3) is 4.34. The van der Waals surface area contributed by atoms with Gasteiger partial charge in [0.05, 0.1) is 18.5 Å². The van der Waals surface area contributed by atoms with Gasteiger partial charge in [-0.15, -0.1) is 0 Å². The van der Waals surface area contributed by atoms with Crippen LogP contribution >= 0.6 is 0 Å². The predicted octanol–water partition coefficient (Wildman–Crippen LogP) is 4.22. The molecule has 6 heteroatoms. The van der Waals surface area contributed by atoms with Crippen LogP contribution in [0.25, 0.3) is 16.9 Å². The topological polar surface area (TPSA) is 56.1 Å². The summed E-state index contributed by atoms with van der Waals surface area (Å²) < 4.78 is 20.0. The fourth-order valence-corrected chi connectivity index (χ4v) is 2.63. The number of halogens is 1. The van der Waals surface area contributed by atoms with Crippen LogP contribution in [0.5, 0.6) is 5.75 Å². The third-order valence-electron chi connectivity index (χ3n) is 3.89. The highest BCUT2D eigenvalue weighted by Gasteiger charge is 2.21. The molecule has 0 saturated heterocycles. The number of ether oxygens (including phenoxy) is 1. The maximum absolute atomic E-state index is 13.3. The Morgan fingerprint density at radius 1 is 1.07 bits per heavy atom. The van der Waals surface area contributed by atoms with Crippen molar-refractivity contribution in [2.45, 2.75) is 26.3 Å². The molecule has 1 aromatic heterocycles. The van der Waals surface area contributed by atoms with Crippen molar-refractivity contribution in [2.24, 2.45) is 0 Å². The van der Waals surface area contributed by atoms with Gasteiger partial charge in [-0.2, -0.15) is 5.10 Å². The number of hydrogen-bond acceptors (Lipinski definition) is 3. The van der Waals surface area contributed by atoms with E-state index in [1.165, 1.54) is 16.8 Å². The van der Waals surface area contributed by atoms with Crippen LogP contribution in [0, 0.1) is 5.82 Å². The summed E-state index contributed by atoms with van der Waals surface area (Å²) in [6.45, 7) is 5.73. The lowest BCUT2D eigenvalue weighted by atomic mass is 10.1. The zero-order chi connectivity index (χ0) is 19.6.